The van der Waals surface area contributed by atoms with Crippen LogP contribution < -0.4 is 14.8 Å². The molecule has 6 heteroatoms. The van der Waals surface area contributed by atoms with Crippen LogP contribution in [0.3, 0.4) is 0 Å². The van der Waals surface area contributed by atoms with Gasteiger partial charge in [0.1, 0.15) is 0 Å². The highest BCUT2D eigenvalue weighted by molar-refractivity contribution is 5.77. The van der Waals surface area contributed by atoms with Crippen molar-refractivity contribution in [1.29, 1.82) is 0 Å². The molecule has 1 heterocycles. The Labute approximate surface area is 146 Å². The minimum atomic E-state index is -0.202. The third-order valence-electron chi connectivity index (χ3n) is 3.68. The van der Waals surface area contributed by atoms with Crippen LogP contribution in [0.25, 0.3) is 5.69 Å². The van der Waals surface area contributed by atoms with Crippen LogP contribution in [0, 0.1) is 0 Å². The first kappa shape index (κ1) is 16.6. The van der Waals surface area contributed by atoms with E-state index in [1.807, 2.05) is 47.2 Å². The molecule has 128 valence electrons. The molecular weight excluding hydrogens is 318 g/mol. The van der Waals surface area contributed by atoms with Crippen molar-refractivity contribution in [3.05, 3.63) is 72.8 Å². The van der Waals surface area contributed by atoms with Gasteiger partial charge in [0.15, 0.2) is 18.1 Å². The summed E-state index contributed by atoms with van der Waals surface area (Å²) in [6, 6.07) is 15.1. The summed E-state index contributed by atoms with van der Waals surface area (Å²) in [5.41, 5.74) is 1.97. The number of carbonyl (C=O) groups is 1. The van der Waals surface area contributed by atoms with E-state index in [4.69, 9.17) is 9.47 Å². The summed E-state index contributed by atoms with van der Waals surface area (Å²) in [6.45, 7) is 0.329. The number of hydrogen-bond acceptors (Lipinski definition) is 4. The average molecular weight is 337 g/mol. The number of carbonyl (C=O) groups excluding carboxylic acids is 1. The van der Waals surface area contributed by atoms with Crippen LogP contribution in [0.15, 0.2) is 67.3 Å². The van der Waals surface area contributed by atoms with Crippen molar-refractivity contribution >= 4 is 5.91 Å². The lowest BCUT2D eigenvalue weighted by atomic mass is 10.1. The molecule has 0 aliphatic carbocycles. The molecule has 3 rings (SSSR count). The minimum Gasteiger partial charge on any atom is -0.493 e. The summed E-state index contributed by atoms with van der Waals surface area (Å²) < 4.78 is 12.6. The van der Waals surface area contributed by atoms with E-state index in [1.54, 1.807) is 31.8 Å². The summed E-state index contributed by atoms with van der Waals surface area (Å²) in [7, 11) is 1.56. The maximum atomic E-state index is 12.1. The second-order valence-corrected chi connectivity index (χ2v) is 5.31. The van der Waals surface area contributed by atoms with Crippen LogP contribution >= 0.6 is 0 Å². The lowest BCUT2D eigenvalue weighted by Gasteiger charge is -2.12. The molecule has 0 fully saturated rings. The number of hydrogen-bond donors (Lipinski definition) is 1. The normalized spacial score (nSPS) is 10.3. The first-order chi connectivity index (χ1) is 12.3. The Balaban J connectivity index is 1.58. The van der Waals surface area contributed by atoms with Gasteiger partial charge in [-0.15, -0.1) is 0 Å². The zero-order valence-corrected chi connectivity index (χ0v) is 13.9. The standard InChI is InChI=1S/C19H19N3O3/c1-24-17-8-4-5-9-18(17)25-13-19(23)21-12-15-6-2-3-7-16(15)22-11-10-20-14-22/h2-11,14H,12-13H2,1H3,(H,21,23). The number of ether oxygens (including phenoxy) is 2. The van der Waals surface area contributed by atoms with Crippen molar-refractivity contribution < 1.29 is 14.3 Å². The maximum absolute atomic E-state index is 12.1. The Hall–Kier alpha value is -3.28. The van der Waals surface area contributed by atoms with E-state index in [0.717, 1.165) is 11.3 Å². The molecule has 0 aliphatic rings. The van der Waals surface area contributed by atoms with Crippen LogP contribution in [0.1, 0.15) is 5.56 Å². The lowest BCUT2D eigenvalue weighted by Crippen LogP contribution is -2.28. The molecule has 1 amide bonds. The second kappa shape index (κ2) is 8.01. The largest absolute Gasteiger partial charge is 0.493 e. The van der Waals surface area contributed by atoms with Crippen LogP contribution in [0.2, 0.25) is 0 Å². The molecule has 0 atom stereocenters. The summed E-state index contributed by atoms with van der Waals surface area (Å²) in [4.78, 5) is 16.1. The van der Waals surface area contributed by atoms with Gasteiger partial charge in [0.25, 0.3) is 5.91 Å². The molecule has 2 aromatic carbocycles. The Morgan fingerprint density at radius 2 is 1.88 bits per heavy atom. The van der Waals surface area contributed by atoms with Gasteiger partial charge < -0.3 is 19.4 Å². The number of amides is 1. The monoisotopic (exact) mass is 337 g/mol. The van der Waals surface area contributed by atoms with E-state index >= 15 is 0 Å². The highest BCUT2D eigenvalue weighted by Gasteiger charge is 2.08. The molecule has 0 radical (unpaired) electrons. The number of aromatic nitrogens is 2. The third-order valence-corrected chi connectivity index (χ3v) is 3.68. The van der Waals surface area contributed by atoms with Crippen LogP contribution in [-0.4, -0.2) is 29.2 Å². The zero-order valence-electron chi connectivity index (χ0n) is 13.9. The fraction of sp³-hybridized carbons (Fsp3) is 0.158. The van der Waals surface area contributed by atoms with Crippen molar-refractivity contribution in [3.63, 3.8) is 0 Å². The number of nitrogens with one attached hydrogen (secondary N) is 1. The molecule has 0 saturated heterocycles. The molecule has 0 bridgehead atoms. The number of nitrogens with zero attached hydrogens (tertiary/aromatic N) is 2. The molecular formula is C19H19N3O3. The summed E-state index contributed by atoms with van der Waals surface area (Å²) in [5.74, 6) is 0.936. The smallest absolute Gasteiger partial charge is 0.258 e. The number of methoxy groups -OCH3 is 1. The molecule has 3 aromatic rings. The first-order valence-electron chi connectivity index (χ1n) is 7.86. The average Bonchev–Trinajstić information content (AvgIpc) is 3.19. The van der Waals surface area contributed by atoms with E-state index in [-0.39, 0.29) is 12.5 Å². The summed E-state index contributed by atoms with van der Waals surface area (Å²) >= 11 is 0. The van der Waals surface area contributed by atoms with Crippen molar-refractivity contribution in [3.8, 4) is 17.2 Å². The lowest BCUT2D eigenvalue weighted by molar-refractivity contribution is -0.123. The van der Waals surface area contributed by atoms with Gasteiger partial charge in [-0.1, -0.05) is 30.3 Å². The fourth-order valence-corrected chi connectivity index (χ4v) is 2.44. The Morgan fingerprint density at radius 1 is 1.12 bits per heavy atom. The van der Waals surface area contributed by atoms with Gasteiger partial charge in [-0.25, -0.2) is 4.98 Å². The van der Waals surface area contributed by atoms with Gasteiger partial charge >= 0.3 is 0 Å². The van der Waals surface area contributed by atoms with Crippen LogP contribution in [-0.2, 0) is 11.3 Å². The molecule has 6 nitrogen and oxygen atoms in total. The highest BCUT2D eigenvalue weighted by atomic mass is 16.5. The Kier molecular flexibility index (Phi) is 5.31. The highest BCUT2D eigenvalue weighted by Crippen LogP contribution is 2.25. The number of para-hydroxylation sites is 3. The molecule has 0 aliphatic heterocycles. The SMILES string of the molecule is COc1ccccc1OCC(=O)NCc1ccccc1-n1ccnc1. The van der Waals surface area contributed by atoms with E-state index in [2.05, 4.69) is 10.3 Å². The number of rotatable bonds is 7. The van der Waals surface area contributed by atoms with Gasteiger partial charge in [0.05, 0.1) is 19.1 Å². The van der Waals surface area contributed by atoms with Gasteiger partial charge in [-0.2, -0.15) is 0 Å². The molecule has 0 spiro atoms. The minimum absolute atomic E-state index is 0.0758. The molecule has 25 heavy (non-hydrogen) atoms. The summed E-state index contributed by atoms with van der Waals surface area (Å²) in [5, 5.41) is 2.87. The van der Waals surface area contributed by atoms with Crippen LogP contribution in [0.5, 0.6) is 11.5 Å². The predicted octanol–water partition coefficient (Wildman–Crippen LogP) is 2.58. The molecule has 0 saturated carbocycles. The Morgan fingerprint density at radius 3 is 2.64 bits per heavy atom. The van der Waals surface area contributed by atoms with E-state index in [0.29, 0.717) is 18.0 Å². The second-order valence-electron chi connectivity index (χ2n) is 5.31. The van der Waals surface area contributed by atoms with Gasteiger partial charge in [-0.05, 0) is 23.8 Å². The molecule has 1 N–H and O–H groups in total. The zero-order chi connectivity index (χ0) is 17.5. The molecule has 0 unspecified atom stereocenters. The van der Waals surface area contributed by atoms with Gasteiger partial charge in [-0.3, -0.25) is 4.79 Å². The number of imidazole rings is 1. The van der Waals surface area contributed by atoms with Crippen molar-refractivity contribution in [2.45, 2.75) is 6.54 Å². The maximum Gasteiger partial charge on any atom is 0.258 e. The van der Waals surface area contributed by atoms with Gasteiger partial charge in [0, 0.05) is 18.9 Å². The molecule has 1 aromatic heterocycles. The summed E-state index contributed by atoms with van der Waals surface area (Å²) in [6.07, 6.45) is 5.31. The first-order valence-corrected chi connectivity index (χ1v) is 7.86. The number of benzene rings is 2. The predicted molar refractivity (Wildman–Crippen MR) is 93.9 cm³/mol. The van der Waals surface area contributed by atoms with Crippen molar-refractivity contribution in [2.24, 2.45) is 0 Å². The van der Waals surface area contributed by atoms with E-state index < -0.39 is 0 Å². The van der Waals surface area contributed by atoms with E-state index in [9.17, 15) is 4.79 Å². The van der Waals surface area contributed by atoms with E-state index in [1.165, 1.54) is 0 Å². The third kappa shape index (κ3) is 4.17. The Bertz CT molecular complexity index is 831. The fourth-order valence-electron chi connectivity index (χ4n) is 2.44. The van der Waals surface area contributed by atoms with Gasteiger partial charge in [0.2, 0.25) is 0 Å². The van der Waals surface area contributed by atoms with Crippen molar-refractivity contribution in [1.82, 2.24) is 14.9 Å². The van der Waals surface area contributed by atoms with Crippen LogP contribution in [0.4, 0.5) is 0 Å². The van der Waals surface area contributed by atoms with Crippen molar-refractivity contribution in [2.75, 3.05) is 13.7 Å². The topological polar surface area (TPSA) is 65.4 Å². The quantitative estimate of drug-likeness (QED) is 0.720.